The molecule has 13 heavy (non-hydrogen) atoms. The summed E-state index contributed by atoms with van der Waals surface area (Å²) in [5, 5.41) is 21.0. The van der Waals surface area contributed by atoms with Crippen molar-refractivity contribution in [3.8, 4) is 0 Å². The first-order valence-electron chi connectivity index (χ1n) is 4.42. The monoisotopic (exact) mass is 184 g/mol. The number of hydrogen-bond acceptors (Lipinski definition) is 4. The van der Waals surface area contributed by atoms with Gasteiger partial charge in [-0.05, 0) is 6.92 Å². The van der Waals surface area contributed by atoms with Gasteiger partial charge in [-0.15, -0.1) is 6.58 Å². The van der Waals surface area contributed by atoms with Crippen LogP contribution in [0.25, 0.3) is 0 Å². The molecule has 1 fully saturated rings. The third-order valence-electron chi connectivity index (χ3n) is 2.55. The van der Waals surface area contributed by atoms with Gasteiger partial charge in [-0.2, -0.15) is 0 Å². The first-order valence-corrected chi connectivity index (χ1v) is 4.42. The fourth-order valence-corrected chi connectivity index (χ4v) is 1.78. The van der Waals surface area contributed by atoms with Crippen LogP contribution in [0.4, 0.5) is 0 Å². The number of rotatable bonds is 3. The van der Waals surface area contributed by atoms with E-state index in [0.29, 0.717) is 5.71 Å². The zero-order valence-electron chi connectivity index (χ0n) is 7.85. The average Bonchev–Trinajstić information content (AvgIpc) is 2.44. The summed E-state index contributed by atoms with van der Waals surface area (Å²) in [6.07, 6.45) is 1.81. The molecule has 4 heteroatoms. The molecule has 1 aliphatic heterocycles. The van der Waals surface area contributed by atoms with E-state index in [4.69, 9.17) is 10.3 Å². The van der Waals surface area contributed by atoms with Gasteiger partial charge in [0.15, 0.2) is 0 Å². The van der Waals surface area contributed by atoms with Crippen LogP contribution in [0, 0.1) is 5.92 Å². The van der Waals surface area contributed by atoms with Crippen LogP contribution < -0.4 is 0 Å². The van der Waals surface area contributed by atoms with Gasteiger partial charge in [0.2, 0.25) is 0 Å². The third-order valence-corrected chi connectivity index (χ3v) is 2.55. The molecule has 0 aromatic heterocycles. The van der Waals surface area contributed by atoms with E-state index in [1.807, 2.05) is 13.0 Å². The zero-order chi connectivity index (χ0) is 9.84. The standard InChI is InChI=1S/C9H16N2O2/c1-3-4-11-5-8(6-12)9(10-13)7(11)2/h3,7-8,12-13H,1,4-6H2,2H3/b10-9+/t7-,8-/m1/s1. The van der Waals surface area contributed by atoms with Gasteiger partial charge in [0.25, 0.3) is 0 Å². The lowest BCUT2D eigenvalue weighted by Gasteiger charge is -2.17. The topological polar surface area (TPSA) is 56.1 Å². The van der Waals surface area contributed by atoms with Crippen LogP contribution in [0.3, 0.4) is 0 Å². The molecule has 1 saturated heterocycles. The second kappa shape index (κ2) is 4.39. The highest BCUT2D eigenvalue weighted by molar-refractivity contribution is 5.93. The first kappa shape index (κ1) is 10.2. The van der Waals surface area contributed by atoms with Crippen LogP contribution in [0.15, 0.2) is 17.8 Å². The molecule has 0 amide bonds. The van der Waals surface area contributed by atoms with Crippen LogP contribution in [0.5, 0.6) is 0 Å². The van der Waals surface area contributed by atoms with Crippen molar-refractivity contribution in [2.45, 2.75) is 13.0 Å². The molecule has 2 N–H and O–H groups in total. The molecule has 1 heterocycles. The lowest BCUT2D eigenvalue weighted by Crippen LogP contribution is -2.30. The summed E-state index contributed by atoms with van der Waals surface area (Å²) in [4.78, 5) is 2.11. The van der Waals surface area contributed by atoms with Crippen molar-refractivity contribution in [1.82, 2.24) is 4.90 Å². The SMILES string of the molecule is C=CCN1C[C@H](CO)/C(=N/O)[C@H]1C. The first-order chi connectivity index (χ1) is 6.24. The van der Waals surface area contributed by atoms with E-state index in [1.54, 1.807) is 0 Å². The third kappa shape index (κ3) is 1.89. The number of likely N-dealkylation sites (tertiary alicyclic amines) is 1. The highest BCUT2D eigenvalue weighted by Gasteiger charge is 2.34. The van der Waals surface area contributed by atoms with Gasteiger partial charge in [-0.3, -0.25) is 4.90 Å². The predicted octanol–water partition coefficient (Wildman–Crippen LogP) is 0.315. The molecule has 4 nitrogen and oxygen atoms in total. The Morgan fingerprint density at radius 2 is 2.46 bits per heavy atom. The molecule has 0 aromatic rings. The van der Waals surface area contributed by atoms with Gasteiger partial charge < -0.3 is 10.3 Å². The molecule has 0 radical (unpaired) electrons. The number of aliphatic hydroxyl groups excluding tert-OH is 1. The molecular weight excluding hydrogens is 168 g/mol. The smallest absolute Gasteiger partial charge is 0.0805 e. The molecule has 0 unspecified atom stereocenters. The minimum atomic E-state index is -0.0278. The second-order valence-corrected chi connectivity index (χ2v) is 3.32. The molecule has 2 atom stereocenters. The van der Waals surface area contributed by atoms with E-state index in [2.05, 4.69) is 16.6 Å². The van der Waals surface area contributed by atoms with Crippen molar-refractivity contribution >= 4 is 5.71 Å². The summed E-state index contributed by atoms with van der Waals surface area (Å²) in [6.45, 7) is 7.16. The average molecular weight is 184 g/mol. The summed E-state index contributed by atoms with van der Waals surface area (Å²) in [7, 11) is 0. The Morgan fingerprint density at radius 1 is 1.77 bits per heavy atom. The Kier molecular flexibility index (Phi) is 3.45. The van der Waals surface area contributed by atoms with Crippen molar-refractivity contribution in [3.05, 3.63) is 12.7 Å². The molecule has 74 valence electrons. The molecule has 0 aromatic carbocycles. The Morgan fingerprint density at radius 3 is 2.85 bits per heavy atom. The van der Waals surface area contributed by atoms with Gasteiger partial charge in [-0.25, -0.2) is 0 Å². The Balaban J connectivity index is 2.71. The Hall–Kier alpha value is -0.870. The summed E-state index contributed by atoms with van der Waals surface area (Å²) < 4.78 is 0. The maximum atomic E-state index is 9.03. The van der Waals surface area contributed by atoms with E-state index in [9.17, 15) is 0 Å². The molecule has 1 aliphatic rings. The van der Waals surface area contributed by atoms with Crippen molar-refractivity contribution in [2.75, 3.05) is 19.7 Å². The van der Waals surface area contributed by atoms with E-state index in [-0.39, 0.29) is 18.6 Å². The Labute approximate surface area is 78.2 Å². The van der Waals surface area contributed by atoms with Gasteiger partial charge >= 0.3 is 0 Å². The van der Waals surface area contributed by atoms with Crippen LogP contribution in [0.1, 0.15) is 6.92 Å². The van der Waals surface area contributed by atoms with Crippen molar-refractivity contribution < 1.29 is 10.3 Å². The Bertz CT molecular complexity index is 216. The summed E-state index contributed by atoms with van der Waals surface area (Å²) in [5.74, 6) is -0.0278. The van der Waals surface area contributed by atoms with Gasteiger partial charge in [0, 0.05) is 25.0 Å². The van der Waals surface area contributed by atoms with Gasteiger partial charge in [0.1, 0.15) is 0 Å². The van der Waals surface area contributed by atoms with E-state index < -0.39 is 0 Å². The normalized spacial score (nSPS) is 32.6. The number of hydrogen-bond donors (Lipinski definition) is 2. The van der Waals surface area contributed by atoms with E-state index >= 15 is 0 Å². The summed E-state index contributed by atoms with van der Waals surface area (Å²) in [6, 6.07) is 0.0974. The van der Waals surface area contributed by atoms with Crippen molar-refractivity contribution in [3.63, 3.8) is 0 Å². The maximum absolute atomic E-state index is 9.03. The van der Waals surface area contributed by atoms with Crippen molar-refractivity contribution in [2.24, 2.45) is 11.1 Å². The molecule has 0 aliphatic carbocycles. The van der Waals surface area contributed by atoms with Gasteiger partial charge in [0.05, 0.1) is 12.3 Å². The molecule has 0 spiro atoms. The van der Waals surface area contributed by atoms with Crippen LogP contribution in [-0.4, -0.2) is 46.7 Å². The molecule has 1 rings (SSSR count). The zero-order valence-corrected chi connectivity index (χ0v) is 7.85. The fraction of sp³-hybridized carbons (Fsp3) is 0.667. The van der Waals surface area contributed by atoms with E-state index in [0.717, 1.165) is 13.1 Å². The maximum Gasteiger partial charge on any atom is 0.0805 e. The van der Waals surface area contributed by atoms with E-state index in [1.165, 1.54) is 0 Å². The van der Waals surface area contributed by atoms with Crippen molar-refractivity contribution in [1.29, 1.82) is 0 Å². The number of oxime groups is 1. The molecular formula is C9H16N2O2. The molecule has 0 saturated carbocycles. The van der Waals surface area contributed by atoms with Crippen LogP contribution in [0.2, 0.25) is 0 Å². The highest BCUT2D eigenvalue weighted by Crippen LogP contribution is 2.19. The predicted molar refractivity (Wildman–Crippen MR) is 51.0 cm³/mol. The minimum Gasteiger partial charge on any atom is -0.411 e. The van der Waals surface area contributed by atoms with Gasteiger partial charge in [-0.1, -0.05) is 11.2 Å². The minimum absolute atomic E-state index is 0.0278. The summed E-state index contributed by atoms with van der Waals surface area (Å²) in [5.41, 5.74) is 0.671. The molecule has 0 bridgehead atoms. The van der Waals surface area contributed by atoms with Crippen LogP contribution >= 0.6 is 0 Å². The second-order valence-electron chi connectivity index (χ2n) is 3.32. The fourth-order valence-electron chi connectivity index (χ4n) is 1.78. The van der Waals surface area contributed by atoms with Crippen LogP contribution in [-0.2, 0) is 0 Å². The summed E-state index contributed by atoms with van der Waals surface area (Å²) >= 11 is 0. The number of aliphatic hydroxyl groups is 1. The largest absolute Gasteiger partial charge is 0.411 e. The highest BCUT2D eigenvalue weighted by atomic mass is 16.4. The lowest BCUT2D eigenvalue weighted by molar-refractivity contribution is 0.231. The quantitative estimate of drug-likeness (QED) is 0.377. The lowest BCUT2D eigenvalue weighted by atomic mass is 10.1. The number of nitrogens with zero attached hydrogens (tertiary/aromatic N) is 2.